The molecule has 1 aliphatic rings. The van der Waals surface area contributed by atoms with Crippen molar-refractivity contribution in [3.05, 3.63) is 30.1 Å². The minimum Gasteiger partial charge on any atom is -0.331 e. The minimum absolute atomic E-state index is 0.908. The second-order valence-corrected chi connectivity index (χ2v) is 4.22. The van der Waals surface area contributed by atoms with Gasteiger partial charge in [-0.25, -0.2) is 4.98 Å². The SMILES string of the molecule is Cn1c(CC2CC2)nc2ccccc21. The summed E-state index contributed by atoms with van der Waals surface area (Å²) in [6, 6.07) is 8.35. The Balaban J connectivity index is 2.09. The molecule has 1 saturated carbocycles. The van der Waals surface area contributed by atoms with Crippen LogP contribution in [-0.4, -0.2) is 9.55 Å². The zero-order valence-electron chi connectivity index (χ0n) is 8.40. The van der Waals surface area contributed by atoms with Crippen LogP contribution in [0.4, 0.5) is 0 Å². The smallest absolute Gasteiger partial charge is 0.109 e. The van der Waals surface area contributed by atoms with Crippen molar-refractivity contribution in [1.82, 2.24) is 9.55 Å². The molecule has 1 aromatic carbocycles. The number of benzene rings is 1. The molecule has 0 amide bonds. The molecule has 1 heterocycles. The van der Waals surface area contributed by atoms with Crippen LogP contribution in [0, 0.1) is 5.92 Å². The average molecular weight is 186 g/mol. The van der Waals surface area contributed by atoms with Crippen LogP contribution in [0.15, 0.2) is 24.3 Å². The van der Waals surface area contributed by atoms with E-state index < -0.39 is 0 Å². The number of hydrogen-bond donors (Lipinski definition) is 0. The zero-order chi connectivity index (χ0) is 9.54. The van der Waals surface area contributed by atoms with Gasteiger partial charge in [0.15, 0.2) is 0 Å². The van der Waals surface area contributed by atoms with Crippen molar-refractivity contribution in [2.45, 2.75) is 19.3 Å². The predicted octanol–water partition coefficient (Wildman–Crippen LogP) is 2.53. The standard InChI is InChI=1S/C12H14N2/c1-14-11-5-3-2-4-10(11)13-12(14)8-9-6-7-9/h2-5,9H,6-8H2,1H3. The molecule has 2 aromatic rings. The lowest BCUT2D eigenvalue weighted by molar-refractivity contribution is 0.727. The first kappa shape index (κ1) is 8.04. The number of hydrogen-bond acceptors (Lipinski definition) is 1. The molecule has 0 bridgehead atoms. The number of fused-ring (bicyclic) bond motifs is 1. The monoisotopic (exact) mass is 186 g/mol. The van der Waals surface area contributed by atoms with Crippen LogP contribution in [0.1, 0.15) is 18.7 Å². The number of aryl methyl sites for hydroxylation is 1. The number of imidazole rings is 1. The van der Waals surface area contributed by atoms with E-state index in [0.717, 1.165) is 17.9 Å². The maximum Gasteiger partial charge on any atom is 0.109 e. The summed E-state index contributed by atoms with van der Waals surface area (Å²) in [5.41, 5.74) is 2.38. The minimum atomic E-state index is 0.908. The van der Waals surface area contributed by atoms with E-state index >= 15 is 0 Å². The first-order chi connectivity index (χ1) is 6.84. The summed E-state index contributed by atoms with van der Waals surface area (Å²) in [4.78, 5) is 4.66. The second-order valence-electron chi connectivity index (χ2n) is 4.22. The number of rotatable bonds is 2. The van der Waals surface area contributed by atoms with E-state index in [0.29, 0.717) is 0 Å². The summed E-state index contributed by atoms with van der Waals surface area (Å²) in [5.74, 6) is 2.15. The number of nitrogens with zero attached hydrogens (tertiary/aromatic N) is 2. The lowest BCUT2D eigenvalue weighted by Gasteiger charge is -1.99. The third kappa shape index (κ3) is 1.22. The molecule has 1 aliphatic carbocycles. The third-order valence-corrected chi connectivity index (χ3v) is 3.05. The summed E-state index contributed by atoms with van der Waals surface area (Å²) in [6.45, 7) is 0. The molecule has 0 atom stereocenters. The van der Waals surface area contributed by atoms with Crippen LogP contribution >= 0.6 is 0 Å². The molecule has 2 nitrogen and oxygen atoms in total. The molecule has 2 heteroatoms. The van der Waals surface area contributed by atoms with E-state index in [1.807, 2.05) is 0 Å². The molecule has 0 radical (unpaired) electrons. The van der Waals surface area contributed by atoms with Gasteiger partial charge in [-0.1, -0.05) is 12.1 Å². The Hall–Kier alpha value is -1.31. The highest BCUT2D eigenvalue weighted by molar-refractivity contribution is 5.75. The number of aromatic nitrogens is 2. The highest BCUT2D eigenvalue weighted by atomic mass is 15.1. The van der Waals surface area contributed by atoms with Crippen LogP contribution in [0.3, 0.4) is 0 Å². The van der Waals surface area contributed by atoms with Gasteiger partial charge in [-0.2, -0.15) is 0 Å². The van der Waals surface area contributed by atoms with Crippen LogP contribution < -0.4 is 0 Å². The first-order valence-electron chi connectivity index (χ1n) is 5.25. The molecule has 0 unspecified atom stereocenters. The Morgan fingerprint density at radius 3 is 2.86 bits per heavy atom. The lowest BCUT2D eigenvalue weighted by atomic mass is 10.3. The topological polar surface area (TPSA) is 17.8 Å². The van der Waals surface area contributed by atoms with E-state index in [9.17, 15) is 0 Å². The van der Waals surface area contributed by atoms with Gasteiger partial charge in [0.25, 0.3) is 0 Å². The van der Waals surface area contributed by atoms with Gasteiger partial charge in [-0.3, -0.25) is 0 Å². The quantitative estimate of drug-likeness (QED) is 0.704. The van der Waals surface area contributed by atoms with E-state index in [-0.39, 0.29) is 0 Å². The van der Waals surface area contributed by atoms with Crippen molar-refractivity contribution in [1.29, 1.82) is 0 Å². The van der Waals surface area contributed by atoms with Crippen LogP contribution in [0.25, 0.3) is 11.0 Å². The summed E-state index contributed by atoms with van der Waals surface area (Å²) < 4.78 is 2.23. The summed E-state index contributed by atoms with van der Waals surface area (Å²) in [6.07, 6.45) is 3.94. The van der Waals surface area contributed by atoms with Gasteiger partial charge in [-0.05, 0) is 30.9 Å². The van der Waals surface area contributed by atoms with E-state index in [1.54, 1.807) is 0 Å². The molecule has 0 aliphatic heterocycles. The molecular weight excluding hydrogens is 172 g/mol. The Kier molecular flexibility index (Phi) is 1.63. The van der Waals surface area contributed by atoms with Crippen LogP contribution in [0.5, 0.6) is 0 Å². The Bertz CT molecular complexity index is 466. The lowest BCUT2D eigenvalue weighted by Crippen LogP contribution is -1.98. The Morgan fingerprint density at radius 2 is 2.14 bits per heavy atom. The molecule has 3 rings (SSSR count). The maximum absolute atomic E-state index is 4.66. The second kappa shape index (κ2) is 2.84. The highest BCUT2D eigenvalue weighted by Gasteiger charge is 2.23. The van der Waals surface area contributed by atoms with E-state index in [2.05, 4.69) is 40.9 Å². The normalized spacial score (nSPS) is 16.4. The van der Waals surface area contributed by atoms with Crippen molar-refractivity contribution in [3.63, 3.8) is 0 Å². The van der Waals surface area contributed by atoms with Crippen molar-refractivity contribution >= 4 is 11.0 Å². The first-order valence-corrected chi connectivity index (χ1v) is 5.25. The van der Waals surface area contributed by atoms with Gasteiger partial charge >= 0.3 is 0 Å². The molecule has 14 heavy (non-hydrogen) atoms. The summed E-state index contributed by atoms with van der Waals surface area (Å²) in [7, 11) is 2.12. The Morgan fingerprint density at radius 1 is 1.36 bits per heavy atom. The van der Waals surface area contributed by atoms with Gasteiger partial charge < -0.3 is 4.57 Å². The van der Waals surface area contributed by atoms with Gasteiger partial charge in [0.1, 0.15) is 5.82 Å². The van der Waals surface area contributed by atoms with E-state index in [1.165, 1.54) is 24.2 Å². The fourth-order valence-corrected chi connectivity index (χ4v) is 1.96. The van der Waals surface area contributed by atoms with Crippen molar-refractivity contribution < 1.29 is 0 Å². The fraction of sp³-hybridized carbons (Fsp3) is 0.417. The zero-order valence-corrected chi connectivity index (χ0v) is 8.40. The van der Waals surface area contributed by atoms with E-state index in [4.69, 9.17) is 0 Å². The molecule has 72 valence electrons. The molecule has 1 aromatic heterocycles. The molecular formula is C12H14N2. The van der Waals surface area contributed by atoms with Crippen LogP contribution in [-0.2, 0) is 13.5 Å². The molecule has 0 saturated heterocycles. The fourth-order valence-electron chi connectivity index (χ4n) is 1.96. The largest absolute Gasteiger partial charge is 0.331 e. The maximum atomic E-state index is 4.66. The predicted molar refractivity (Wildman–Crippen MR) is 57.1 cm³/mol. The van der Waals surface area contributed by atoms with Crippen molar-refractivity contribution in [2.24, 2.45) is 13.0 Å². The third-order valence-electron chi connectivity index (χ3n) is 3.05. The van der Waals surface area contributed by atoms with Crippen LogP contribution in [0.2, 0.25) is 0 Å². The van der Waals surface area contributed by atoms with Gasteiger partial charge in [0, 0.05) is 13.5 Å². The molecule has 0 spiro atoms. The van der Waals surface area contributed by atoms with Gasteiger partial charge in [-0.15, -0.1) is 0 Å². The molecule has 1 fully saturated rings. The summed E-state index contributed by atoms with van der Waals surface area (Å²) in [5, 5.41) is 0. The average Bonchev–Trinajstić information content (AvgIpc) is 2.95. The van der Waals surface area contributed by atoms with Crippen molar-refractivity contribution in [2.75, 3.05) is 0 Å². The van der Waals surface area contributed by atoms with Gasteiger partial charge in [0.2, 0.25) is 0 Å². The van der Waals surface area contributed by atoms with Crippen molar-refractivity contribution in [3.8, 4) is 0 Å². The summed E-state index contributed by atoms with van der Waals surface area (Å²) >= 11 is 0. The molecule has 0 N–H and O–H groups in total. The number of para-hydroxylation sites is 2. The van der Waals surface area contributed by atoms with Gasteiger partial charge in [0.05, 0.1) is 11.0 Å². The Labute approximate surface area is 83.6 Å². The highest BCUT2D eigenvalue weighted by Crippen LogP contribution is 2.32.